The van der Waals surface area contributed by atoms with Crippen molar-refractivity contribution < 1.29 is 4.39 Å². The van der Waals surface area contributed by atoms with Crippen LogP contribution in [0.25, 0.3) is 0 Å². The predicted octanol–water partition coefficient (Wildman–Crippen LogP) is 3.41. The van der Waals surface area contributed by atoms with E-state index in [1.807, 2.05) is 12.1 Å². The Morgan fingerprint density at radius 1 is 1.50 bits per heavy atom. The third kappa shape index (κ3) is 3.45. The van der Waals surface area contributed by atoms with Gasteiger partial charge in [0.25, 0.3) is 0 Å². The lowest BCUT2D eigenvalue weighted by atomic mass is 10.1. The van der Waals surface area contributed by atoms with Crippen molar-refractivity contribution in [2.75, 3.05) is 31.1 Å². The summed E-state index contributed by atoms with van der Waals surface area (Å²) in [5.74, 6) is 0.513. The topological polar surface area (TPSA) is 15.3 Å². The van der Waals surface area contributed by atoms with Crippen molar-refractivity contribution in [2.24, 2.45) is 5.92 Å². The molecular weight excluding hydrogens is 295 g/mol. The molecule has 0 bridgehead atoms. The summed E-state index contributed by atoms with van der Waals surface area (Å²) in [7, 11) is 0. The van der Waals surface area contributed by atoms with Crippen LogP contribution in [-0.2, 0) is 0 Å². The van der Waals surface area contributed by atoms with Gasteiger partial charge in [0.2, 0.25) is 0 Å². The van der Waals surface area contributed by atoms with Crippen LogP contribution in [0.3, 0.4) is 0 Å². The molecule has 0 aromatic heterocycles. The van der Waals surface area contributed by atoms with Crippen LogP contribution in [0, 0.1) is 11.7 Å². The Balaban J connectivity index is 1.89. The van der Waals surface area contributed by atoms with E-state index in [1.54, 1.807) is 0 Å². The van der Waals surface area contributed by atoms with Gasteiger partial charge in [-0.2, -0.15) is 0 Å². The van der Waals surface area contributed by atoms with Crippen molar-refractivity contribution in [3.63, 3.8) is 0 Å². The van der Waals surface area contributed by atoms with E-state index in [0.717, 1.165) is 31.9 Å². The van der Waals surface area contributed by atoms with Gasteiger partial charge in [0.1, 0.15) is 5.82 Å². The highest BCUT2D eigenvalue weighted by Gasteiger charge is 2.22. The lowest BCUT2D eigenvalue weighted by molar-refractivity contribution is 0.516. The molecule has 1 aliphatic heterocycles. The van der Waals surface area contributed by atoms with Gasteiger partial charge in [-0.25, -0.2) is 4.39 Å². The highest BCUT2D eigenvalue weighted by Crippen LogP contribution is 2.27. The van der Waals surface area contributed by atoms with Crippen molar-refractivity contribution >= 4 is 21.6 Å². The standard InChI is InChI=1S/C14H20BrFN2/c1-2-6-17-9-11-5-7-18(10-11)12-3-4-14(16)13(15)8-12/h3-4,8,11,17H,2,5-7,9-10H2,1H3. The zero-order chi connectivity index (χ0) is 13.0. The summed E-state index contributed by atoms with van der Waals surface area (Å²) < 4.78 is 13.7. The van der Waals surface area contributed by atoms with E-state index in [1.165, 1.54) is 18.9 Å². The average Bonchev–Trinajstić information content (AvgIpc) is 2.82. The zero-order valence-electron chi connectivity index (χ0n) is 10.8. The Hall–Kier alpha value is -0.610. The highest BCUT2D eigenvalue weighted by atomic mass is 79.9. The molecule has 0 amide bonds. The molecule has 2 rings (SSSR count). The van der Waals surface area contributed by atoms with Crippen molar-refractivity contribution in [1.82, 2.24) is 5.32 Å². The predicted molar refractivity (Wildman–Crippen MR) is 77.6 cm³/mol. The van der Waals surface area contributed by atoms with Gasteiger partial charge in [0.15, 0.2) is 0 Å². The quantitative estimate of drug-likeness (QED) is 0.838. The van der Waals surface area contributed by atoms with Gasteiger partial charge >= 0.3 is 0 Å². The molecule has 1 aliphatic rings. The molecule has 100 valence electrons. The number of rotatable bonds is 5. The molecule has 1 saturated heterocycles. The van der Waals surface area contributed by atoms with Gasteiger partial charge < -0.3 is 10.2 Å². The third-order valence-electron chi connectivity index (χ3n) is 3.41. The minimum atomic E-state index is -0.195. The Bertz CT molecular complexity index is 397. The second-order valence-electron chi connectivity index (χ2n) is 4.90. The van der Waals surface area contributed by atoms with Crippen LogP contribution in [0.15, 0.2) is 22.7 Å². The Labute approximate surface area is 117 Å². The maximum atomic E-state index is 13.2. The fraction of sp³-hybridized carbons (Fsp3) is 0.571. The molecule has 0 aliphatic carbocycles. The van der Waals surface area contributed by atoms with Gasteiger partial charge in [-0.1, -0.05) is 6.92 Å². The number of anilines is 1. The third-order valence-corrected chi connectivity index (χ3v) is 4.02. The first-order valence-corrected chi connectivity index (χ1v) is 7.40. The van der Waals surface area contributed by atoms with Crippen LogP contribution in [-0.4, -0.2) is 26.2 Å². The summed E-state index contributed by atoms with van der Waals surface area (Å²) in [6.45, 7) is 6.50. The maximum absolute atomic E-state index is 13.2. The molecule has 18 heavy (non-hydrogen) atoms. The number of halogens is 2. The maximum Gasteiger partial charge on any atom is 0.137 e. The van der Waals surface area contributed by atoms with E-state index in [4.69, 9.17) is 0 Å². The summed E-state index contributed by atoms with van der Waals surface area (Å²) >= 11 is 3.25. The molecule has 1 unspecified atom stereocenters. The van der Waals surface area contributed by atoms with Crippen molar-refractivity contribution in [3.05, 3.63) is 28.5 Å². The lowest BCUT2D eigenvalue weighted by Gasteiger charge is -2.19. The van der Waals surface area contributed by atoms with Gasteiger partial charge in [0.05, 0.1) is 4.47 Å². The van der Waals surface area contributed by atoms with Crippen molar-refractivity contribution in [3.8, 4) is 0 Å². The molecule has 1 aromatic rings. The minimum absolute atomic E-state index is 0.195. The van der Waals surface area contributed by atoms with Gasteiger partial charge in [0, 0.05) is 18.8 Å². The lowest BCUT2D eigenvalue weighted by Crippen LogP contribution is -2.26. The average molecular weight is 315 g/mol. The fourth-order valence-electron chi connectivity index (χ4n) is 2.40. The summed E-state index contributed by atoms with van der Waals surface area (Å²) in [5, 5.41) is 3.47. The zero-order valence-corrected chi connectivity index (χ0v) is 12.3. The van der Waals surface area contributed by atoms with E-state index in [2.05, 4.69) is 33.1 Å². The molecule has 0 spiro atoms. The normalized spacial score (nSPS) is 19.5. The van der Waals surface area contributed by atoms with Crippen LogP contribution < -0.4 is 10.2 Å². The molecule has 0 saturated carbocycles. The van der Waals surface area contributed by atoms with E-state index in [0.29, 0.717) is 10.4 Å². The monoisotopic (exact) mass is 314 g/mol. The van der Waals surface area contributed by atoms with E-state index >= 15 is 0 Å². The largest absolute Gasteiger partial charge is 0.371 e. The summed E-state index contributed by atoms with van der Waals surface area (Å²) in [6.07, 6.45) is 2.40. The van der Waals surface area contributed by atoms with E-state index in [9.17, 15) is 4.39 Å². The molecule has 2 nitrogen and oxygen atoms in total. The molecule has 0 radical (unpaired) electrons. The number of hydrogen-bond acceptors (Lipinski definition) is 2. The Kier molecular flexibility index (Phi) is 5.01. The van der Waals surface area contributed by atoms with Gasteiger partial charge in [-0.15, -0.1) is 0 Å². The Morgan fingerprint density at radius 2 is 2.33 bits per heavy atom. The summed E-state index contributed by atoms with van der Waals surface area (Å²) in [5.41, 5.74) is 1.11. The van der Waals surface area contributed by atoms with E-state index in [-0.39, 0.29) is 5.82 Å². The SMILES string of the molecule is CCCNCC1CCN(c2ccc(F)c(Br)c2)C1. The van der Waals surface area contributed by atoms with Crippen molar-refractivity contribution in [1.29, 1.82) is 0 Å². The van der Waals surface area contributed by atoms with Crippen molar-refractivity contribution in [2.45, 2.75) is 19.8 Å². The fourth-order valence-corrected chi connectivity index (χ4v) is 2.77. The van der Waals surface area contributed by atoms with Crippen LogP contribution in [0.5, 0.6) is 0 Å². The number of nitrogens with zero attached hydrogens (tertiary/aromatic N) is 1. The van der Waals surface area contributed by atoms with E-state index < -0.39 is 0 Å². The highest BCUT2D eigenvalue weighted by molar-refractivity contribution is 9.10. The summed E-state index contributed by atoms with van der Waals surface area (Å²) in [4.78, 5) is 2.34. The molecular formula is C14H20BrFN2. The van der Waals surface area contributed by atoms with Gasteiger partial charge in [-0.05, 0) is 66.0 Å². The summed E-state index contributed by atoms with van der Waals surface area (Å²) in [6, 6.07) is 5.27. The first-order valence-electron chi connectivity index (χ1n) is 6.61. The van der Waals surface area contributed by atoms with Crippen LogP contribution in [0.1, 0.15) is 19.8 Å². The molecule has 4 heteroatoms. The van der Waals surface area contributed by atoms with Gasteiger partial charge in [-0.3, -0.25) is 0 Å². The molecule has 1 atom stereocenters. The van der Waals surface area contributed by atoms with Crippen LogP contribution in [0.4, 0.5) is 10.1 Å². The first kappa shape index (κ1) is 13.8. The molecule has 1 fully saturated rings. The molecule has 1 heterocycles. The second-order valence-corrected chi connectivity index (χ2v) is 5.76. The second kappa shape index (κ2) is 6.53. The number of hydrogen-bond donors (Lipinski definition) is 1. The molecule has 1 N–H and O–H groups in total. The van der Waals surface area contributed by atoms with Crippen LogP contribution >= 0.6 is 15.9 Å². The number of benzene rings is 1. The number of nitrogens with one attached hydrogen (secondary N) is 1. The minimum Gasteiger partial charge on any atom is -0.371 e. The smallest absolute Gasteiger partial charge is 0.137 e. The first-order chi connectivity index (χ1) is 8.70. The van der Waals surface area contributed by atoms with Crippen LogP contribution in [0.2, 0.25) is 0 Å². The Morgan fingerprint density at radius 3 is 3.06 bits per heavy atom. The molecule has 1 aromatic carbocycles.